The molecule has 0 bridgehead atoms. The zero-order chi connectivity index (χ0) is 23.2. The molecule has 5 nitrogen and oxygen atoms in total. The number of carbonyl (C=O) groups is 1. The van der Waals surface area contributed by atoms with Gasteiger partial charge >= 0.3 is 0 Å². The number of benzene rings is 2. The number of nitrogens with zero attached hydrogens (tertiary/aromatic N) is 3. The third-order valence-electron chi connectivity index (χ3n) is 4.91. The molecule has 0 N–H and O–H groups in total. The highest BCUT2D eigenvalue weighted by Gasteiger charge is 2.22. The van der Waals surface area contributed by atoms with E-state index in [1.807, 2.05) is 36.4 Å². The fourth-order valence-electron chi connectivity index (χ4n) is 3.23. The molecule has 0 spiro atoms. The fourth-order valence-corrected chi connectivity index (χ4v) is 5.49. The SMILES string of the molecule is COc1ccc(Cl)c2sc(N(Cc3ccncc3)C(=O)CCCSc3ccc(Cl)cc3)nc12. The summed E-state index contributed by atoms with van der Waals surface area (Å²) in [5.74, 6) is 1.47. The van der Waals surface area contributed by atoms with E-state index in [-0.39, 0.29) is 5.91 Å². The number of carbonyl (C=O) groups excluding carboxylic acids is 1. The quantitative estimate of drug-likeness (QED) is 0.175. The first kappa shape index (κ1) is 23.8. The minimum absolute atomic E-state index is 0.0117. The molecule has 9 heteroatoms. The first-order chi connectivity index (χ1) is 16.0. The van der Waals surface area contributed by atoms with E-state index in [1.165, 1.54) is 11.3 Å². The predicted octanol–water partition coefficient (Wildman–Crippen LogP) is 7.11. The van der Waals surface area contributed by atoms with Gasteiger partial charge in [0, 0.05) is 28.7 Å². The van der Waals surface area contributed by atoms with E-state index in [2.05, 4.69) is 4.98 Å². The zero-order valence-electron chi connectivity index (χ0n) is 17.8. The van der Waals surface area contributed by atoms with E-state index >= 15 is 0 Å². The van der Waals surface area contributed by atoms with Gasteiger partial charge in [0.25, 0.3) is 0 Å². The van der Waals surface area contributed by atoms with Crippen LogP contribution in [0.1, 0.15) is 18.4 Å². The second-order valence-corrected chi connectivity index (χ2v) is 10.2. The number of aromatic nitrogens is 2. The van der Waals surface area contributed by atoms with Crippen LogP contribution in [0.5, 0.6) is 5.75 Å². The van der Waals surface area contributed by atoms with Crippen molar-refractivity contribution in [2.75, 3.05) is 17.8 Å². The third kappa shape index (κ3) is 5.98. The number of pyridine rings is 1. The maximum absolute atomic E-state index is 13.3. The van der Waals surface area contributed by atoms with Crippen molar-refractivity contribution in [2.24, 2.45) is 0 Å². The molecule has 0 fully saturated rings. The number of ether oxygens (including phenoxy) is 1. The minimum atomic E-state index is 0.0117. The smallest absolute Gasteiger partial charge is 0.229 e. The molecule has 4 rings (SSSR count). The van der Waals surface area contributed by atoms with Crippen molar-refractivity contribution in [3.63, 3.8) is 0 Å². The highest BCUT2D eigenvalue weighted by atomic mass is 35.5. The number of halogens is 2. The molecule has 0 saturated heterocycles. The summed E-state index contributed by atoms with van der Waals surface area (Å²) in [6.45, 7) is 0.408. The molecular weight excluding hydrogens is 497 g/mol. The number of thiazole rings is 1. The van der Waals surface area contributed by atoms with Gasteiger partial charge < -0.3 is 4.74 Å². The summed E-state index contributed by atoms with van der Waals surface area (Å²) in [4.78, 5) is 25.0. The summed E-state index contributed by atoms with van der Waals surface area (Å²) in [6.07, 6.45) is 4.60. The fraction of sp³-hybridized carbons (Fsp3) is 0.208. The second-order valence-electron chi connectivity index (χ2n) is 7.17. The topological polar surface area (TPSA) is 55.3 Å². The summed E-state index contributed by atoms with van der Waals surface area (Å²) in [5, 5.41) is 1.91. The molecule has 0 aliphatic rings. The summed E-state index contributed by atoms with van der Waals surface area (Å²) < 4.78 is 6.25. The molecule has 0 unspecified atom stereocenters. The summed E-state index contributed by atoms with van der Waals surface area (Å²) in [7, 11) is 1.60. The van der Waals surface area contributed by atoms with Crippen LogP contribution in [0.25, 0.3) is 10.2 Å². The van der Waals surface area contributed by atoms with Crippen LogP contribution < -0.4 is 9.64 Å². The molecule has 0 saturated carbocycles. The number of amides is 1. The Morgan fingerprint density at radius 1 is 1.09 bits per heavy atom. The van der Waals surface area contributed by atoms with Crippen molar-refractivity contribution >= 4 is 67.6 Å². The number of rotatable bonds is 9. The predicted molar refractivity (Wildman–Crippen MR) is 138 cm³/mol. The zero-order valence-corrected chi connectivity index (χ0v) is 21.0. The van der Waals surface area contributed by atoms with Crippen molar-refractivity contribution in [1.29, 1.82) is 0 Å². The van der Waals surface area contributed by atoms with Crippen LogP contribution in [0.2, 0.25) is 10.0 Å². The van der Waals surface area contributed by atoms with Crippen molar-refractivity contribution in [2.45, 2.75) is 24.3 Å². The average Bonchev–Trinajstić information content (AvgIpc) is 3.28. The Morgan fingerprint density at radius 3 is 2.58 bits per heavy atom. The Morgan fingerprint density at radius 2 is 1.85 bits per heavy atom. The van der Waals surface area contributed by atoms with E-state index in [9.17, 15) is 4.79 Å². The van der Waals surface area contributed by atoms with Gasteiger partial charge in [0.1, 0.15) is 11.3 Å². The third-order valence-corrected chi connectivity index (χ3v) is 7.80. The van der Waals surface area contributed by atoms with Crippen molar-refractivity contribution in [1.82, 2.24) is 9.97 Å². The van der Waals surface area contributed by atoms with Crippen LogP contribution in [0.4, 0.5) is 5.13 Å². The van der Waals surface area contributed by atoms with Gasteiger partial charge in [-0.15, -0.1) is 11.8 Å². The van der Waals surface area contributed by atoms with Crippen LogP contribution in [0.3, 0.4) is 0 Å². The largest absolute Gasteiger partial charge is 0.494 e. The molecule has 2 heterocycles. The molecule has 0 aliphatic carbocycles. The highest BCUT2D eigenvalue weighted by Crippen LogP contribution is 2.39. The van der Waals surface area contributed by atoms with Crippen LogP contribution in [-0.4, -0.2) is 28.7 Å². The average molecular weight is 518 g/mol. The van der Waals surface area contributed by atoms with Crippen molar-refractivity contribution in [3.8, 4) is 5.75 Å². The Kier molecular flexibility index (Phi) is 8.09. The molecule has 1 amide bonds. The van der Waals surface area contributed by atoms with E-state index in [4.69, 9.17) is 32.9 Å². The lowest BCUT2D eigenvalue weighted by molar-refractivity contribution is -0.118. The molecule has 4 aromatic rings. The number of hydrogen-bond donors (Lipinski definition) is 0. The molecule has 170 valence electrons. The summed E-state index contributed by atoms with van der Waals surface area (Å²) in [5.41, 5.74) is 1.64. The van der Waals surface area contributed by atoms with Gasteiger partial charge in [0.05, 0.1) is 23.4 Å². The number of hydrogen-bond acceptors (Lipinski definition) is 6. The van der Waals surface area contributed by atoms with Crippen molar-refractivity contribution in [3.05, 3.63) is 76.5 Å². The van der Waals surface area contributed by atoms with Crippen LogP contribution in [-0.2, 0) is 11.3 Å². The number of anilines is 1. The number of thioether (sulfide) groups is 1. The Hall–Kier alpha value is -2.32. The Bertz CT molecular complexity index is 1230. The number of methoxy groups -OCH3 is 1. The van der Waals surface area contributed by atoms with Gasteiger partial charge in [0.2, 0.25) is 5.91 Å². The lowest BCUT2D eigenvalue weighted by Gasteiger charge is -2.20. The molecule has 0 aliphatic heterocycles. The minimum Gasteiger partial charge on any atom is -0.494 e. The van der Waals surface area contributed by atoms with Crippen LogP contribution in [0, 0.1) is 0 Å². The standard InChI is InChI=1S/C24H21Cl2N3O2S2/c1-31-20-9-8-19(26)23-22(20)28-24(33-23)29(15-16-10-12-27-13-11-16)21(30)3-2-14-32-18-6-4-17(25)5-7-18/h4-13H,2-3,14-15H2,1H3. The van der Waals surface area contributed by atoms with Gasteiger partial charge in [-0.3, -0.25) is 14.7 Å². The maximum Gasteiger partial charge on any atom is 0.229 e. The van der Waals surface area contributed by atoms with E-state index < -0.39 is 0 Å². The van der Waals surface area contributed by atoms with E-state index in [0.717, 1.165) is 27.3 Å². The monoisotopic (exact) mass is 517 g/mol. The lowest BCUT2D eigenvalue weighted by Crippen LogP contribution is -2.30. The number of fused-ring (bicyclic) bond motifs is 1. The van der Waals surface area contributed by atoms with Gasteiger partial charge in [-0.05, 0) is 66.3 Å². The van der Waals surface area contributed by atoms with Gasteiger partial charge in [0.15, 0.2) is 5.13 Å². The van der Waals surface area contributed by atoms with Crippen LogP contribution >= 0.6 is 46.3 Å². The summed E-state index contributed by atoms with van der Waals surface area (Å²) >= 11 is 15.5. The highest BCUT2D eigenvalue weighted by molar-refractivity contribution is 7.99. The molecule has 0 atom stereocenters. The van der Waals surface area contributed by atoms with Crippen molar-refractivity contribution < 1.29 is 9.53 Å². The normalized spacial score (nSPS) is 11.0. The lowest BCUT2D eigenvalue weighted by atomic mass is 10.2. The van der Waals surface area contributed by atoms with Gasteiger partial charge in [-0.1, -0.05) is 34.5 Å². The van der Waals surface area contributed by atoms with E-state index in [1.54, 1.807) is 48.3 Å². The summed E-state index contributed by atoms with van der Waals surface area (Å²) in [6, 6.07) is 15.1. The second kappa shape index (κ2) is 11.2. The van der Waals surface area contributed by atoms with Crippen LogP contribution in [0.15, 0.2) is 65.8 Å². The maximum atomic E-state index is 13.3. The first-order valence-electron chi connectivity index (χ1n) is 10.3. The molecule has 33 heavy (non-hydrogen) atoms. The Labute approximate surface area is 210 Å². The molecule has 2 aromatic carbocycles. The molecular formula is C24H21Cl2N3O2S2. The first-order valence-corrected chi connectivity index (χ1v) is 12.8. The van der Waals surface area contributed by atoms with Gasteiger partial charge in [-0.25, -0.2) is 4.98 Å². The molecule has 2 aromatic heterocycles. The Balaban J connectivity index is 1.52. The molecule has 0 radical (unpaired) electrons. The van der Waals surface area contributed by atoms with Gasteiger partial charge in [-0.2, -0.15) is 0 Å². The van der Waals surface area contributed by atoms with E-state index in [0.29, 0.717) is 39.4 Å².